The van der Waals surface area contributed by atoms with Gasteiger partial charge in [-0.3, -0.25) is 20.0 Å². The van der Waals surface area contributed by atoms with E-state index in [0.717, 1.165) is 25.1 Å². The molecule has 2 amide bonds. The molecular weight excluding hydrogens is 478 g/mol. The second kappa shape index (κ2) is 11.6. The molecule has 1 heterocycles. The summed E-state index contributed by atoms with van der Waals surface area (Å²) >= 11 is 1.17. The molecule has 3 rings (SSSR count). The first kappa shape index (κ1) is 25.9. The first-order valence-electron chi connectivity index (χ1n) is 10.5. The molecule has 0 spiro atoms. The number of carbonyl (C=O) groups is 2. The van der Waals surface area contributed by atoms with E-state index in [-0.39, 0.29) is 28.0 Å². The number of nitrogen functional groups attached to an aromatic ring is 1. The fourth-order valence-electron chi connectivity index (χ4n) is 3.08. The lowest BCUT2D eigenvalue weighted by Crippen LogP contribution is -2.32. The number of methoxy groups -OCH3 is 1. The molecular formula is C23H24F2N6O3S. The molecule has 2 aromatic rings. The van der Waals surface area contributed by atoms with Crippen LogP contribution in [0.25, 0.3) is 11.1 Å². The topological polar surface area (TPSA) is 145 Å². The number of halogens is 2. The Balaban J connectivity index is 1.96. The normalized spacial score (nSPS) is 14.1. The monoisotopic (exact) mass is 502 g/mol. The third-order valence-corrected chi connectivity index (χ3v) is 5.88. The number of nitrogens with zero attached hydrogens (tertiary/aromatic N) is 2. The predicted molar refractivity (Wildman–Crippen MR) is 129 cm³/mol. The number of hydrazone groups is 1. The Morgan fingerprint density at radius 3 is 2.60 bits per heavy atom. The van der Waals surface area contributed by atoms with Gasteiger partial charge < -0.3 is 15.9 Å². The molecule has 1 unspecified atom stereocenters. The average molecular weight is 503 g/mol. The molecule has 0 radical (unpaired) electrons. The highest BCUT2D eigenvalue weighted by Gasteiger charge is 2.23. The third kappa shape index (κ3) is 6.68. The molecule has 1 fully saturated rings. The van der Waals surface area contributed by atoms with Crippen LogP contribution in [0.3, 0.4) is 0 Å². The number of rotatable bonds is 7. The van der Waals surface area contributed by atoms with Crippen LogP contribution in [0.4, 0.5) is 8.78 Å². The fourth-order valence-corrected chi connectivity index (χ4v) is 3.76. The molecule has 35 heavy (non-hydrogen) atoms. The van der Waals surface area contributed by atoms with E-state index in [0.29, 0.717) is 11.0 Å². The molecule has 0 aliphatic heterocycles. The first-order chi connectivity index (χ1) is 16.8. The molecule has 9 nitrogen and oxygen atoms in total. The lowest BCUT2D eigenvalue weighted by molar-refractivity contribution is 0.0941. The van der Waals surface area contributed by atoms with Crippen LogP contribution in [-0.2, 0) is 0 Å². The van der Waals surface area contributed by atoms with E-state index in [4.69, 9.17) is 16.4 Å². The van der Waals surface area contributed by atoms with Gasteiger partial charge in [0.15, 0.2) is 5.04 Å². The summed E-state index contributed by atoms with van der Waals surface area (Å²) in [7, 11) is 1.34. The summed E-state index contributed by atoms with van der Waals surface area (Å²) in [6, 6.07) is 5.29. The van der Waals surface area contributed by atoms with Crippen molar-refractivity contribution in [3.8, 4) is 28.7 Å². The minimum atomic E-state index is -2.85. The first-order valence-corrected chi connectivity index (χ1v) is 11.4. The van der Waals surface area contributed by atoms with Gasteiger partial charge in [0.25, 0.3) is 18.2 Å². The smallest absolute Gasteiger partial charge is 0.280 e. The van der Waals surface area contributed by atoms with Crippen LogP contribution < -0.4 is 27.2 Å². The maximum absolute atomic E-state index is 13.4. The Bertz CT molecular complexity index is 1210. The molecule has 0 saturated heterocycles. The quantitative estimate of drug-likeness (QED) is 0.0867. The number of amides is 2. The highest BCUT2D eigenvalue weighted by molar-refractivity contribution is 8.15. The second-order valence-corrected chi connectivity index (χ2v) is 8.88. The number of thioether (sulfide) groups is 1. The number of benzene rings is 1. The zero-order chi connectivity index (χ0) is 25.5. The van der Waals surface area contributed by atoms with E-state index in [1.54, 1.807) is 6.92 Å². The van der Waals surface area contributed by atoms with E-state index in [9.17, 15) is 18.4 Å². The zero-order valence-corrected chi connectivity index (χ0v) is 19.8. The summed E-state index contributed by atoms with van der Waals surface area (Å²) in [6.07, 6.45) is 0.382. The van der Waals surface area contributed by atoms with E-state index in [2.05, 4.69) is 27.2 Å². The van der Waals surface area contributed by atoms with Gasteiger partial charge >= 0.3 is 0 Å². The molecule has 1 saturated carbocycles. The third-order valence-electron chi connectivity index (χ3n) is 4.98. The van der Waals surface area contributed by atoms with E-state index in [1.807, 2.05) is 5.43 Å². The Morgan fingerprint density at radius 2 is 2.00 bits per heavy atom. The highest BCUT2D eigenvalue weighted by atomic mass is 32.2. The molecule has 12 heteroatoms. The van der Waals surface area contributed by atoms with Crippen molar-refractivity contribution < 1.29 is 23.1 Å². The largest absolute Gasteiger partial charge is 0.494 e. The number of pyridine rings is 1. The summed E-state index contributed by atoms with van der Waals surface area (Å²) in [4.78, 5) is 29.0. The van der Waals surface area contributed by atoms with Crippen LogP contribution in [0.5, 0.6) is 5.75 Å². The SMILES string of the molecule is COc1cnc(C(F)F)cc1-c1cc(C(=O)NN)ccc1C(=O)NC(C)S/C(C#CC1CC1)=N\N. The minimum Gasteiger partial charge on any atom is -0.494 e. The molecule has 184 valence electrons. The number of hydrogen-bond donors (Lipinski definition) is 4. The van der Waals surface area contributed by atoms with Crippen molar-refractivity contribution in [2.24, 2.45) is 22.7 Å². The summed E-state index contributed by atoms with van der Waals surface area (Å²) < 4.78 is 32.0. The Kier molecular flexibility index (Phi) is 8.62. The Labute approximate surface area is 205 Å². The summed E-state index contributed by atoms with van der Waals surface area (Å²) in [5.41, 5.74) is 2.07. The van der Waals surface area contributed by atoms with Crippen molar-refractivity contribution >= 4 is 28.6 Å². The Morgan fingerprint density at radius 1 is 1.26 bits per heavy atom. The van der Waals surface area contributed by atoms with Crippen molar-refractivity contribution in [3.05, 3.63) is 47.3 Å². The van der Waals surface area contributed by atoms with Gasteiger partial charge in [0.2, 0.25) is 0 Å². The number of aromatic nitrogens is 1. The van der Waals surface area contributed by atoms with Gasteiger partial charge in [0.05, 0.1) is 18.7 Å². The van der Waals surface area contributed by atoms with E-state index in [1.165, 1.54) is 37.1 Å². The van der Waals surface area contributed by atoms with Crippen molar-refractivity contribution in [1.82, 2.24) is 15.7 Å². The number of hydrazine groups is 1. The molecule has 1 atom stereocenters. The summed E-state index contributed by atoms with van der Waals surface area (Å²) in [5, 5.41) is 6.36. The molecule has 1 aliphatic rings. The van der Waals surface area contributed by atoms with Gasteiger partial charge in [-0.2, -0.15) is 5.10 Å². The van der Waals surface area contributed by atoms with Gasteiger partial charge in [-0.15, -0.1) is 0 Å². The lowest BCUT2D eigenvalue weighted by atomic mass is 9.95. The van der Waals surface area contributed by atoms with E-state index < -0.39 is 29.3 Å². The number of nitrogens with one attached hydrogen (secondary N) is 2. The van der Waals surface area contributed by atoms with Gasteiger partial charge in [-0.05, 0) is 55.5 Å². The zero-order valence-electron chi connectivity index (χ0n) is 19.0. The van der Waals surface area contributed by atoms with Crippen LogP contribution in [0.2, 0.25) is 0 Å². The molecule has 1 aromatic heterocycles. The van der Waals surface area contributed by atoms with Gasteiger partial charge in [-0.1, -0.05) is 17.7 Å². The highest BCUT2D eigenvalue weighted by Crippen LogP contribution is 2.35. The average Bonchev–Trinajstić information content (AvgIpc) is 3.69. The second-order valence-electron chi connectivity index (χ2n) is 7.56. The fraction of sp³-hybridized carbons (Fsp3) is 0.304. The predicted octanol–water partition coefficient (Wildman–Crippen LogP) is 2.79. The maximum Gasteiger partial charge on any atom is 0.280 e. The Hall–Kier alpha value is -3.69. The van der Waals surface area contributed by atoms with Crippen LogP contribution in [-0.4, -0.2) is 34.3 Å². The number of carbonyl (C=O) groups excluding carboxylic acids is 2. The summed E-state index contributed by atoms with van der Waals surface area (Å²) in [5.74, 6) is 16.0. The lowest BCUT2D eigenvalue weighted by Gasteiger charge is -2.17. The van der Waals surface area contributed by atoms with Crippen LogP contribution >= 0.6 is 11.8 Å². The number of ether oxygens (including phenoxy) is 1. The number of alkyl halides is 2. The van der Waals surface area contributed by atoms with Crippen LogP contribution in [0.1, 0.15) is 52.6 Å². The van der Waals surface area contributed by atoms with Crippen molar-refractivity contribution in [2.45, 2.75) is 31.6 Å². The molecule has 1 aliphatic carbocycles. The van der Waals surface area contributed by atoms with Crippen LogP contribution in [0.15, 0.2) is 35.6 Å². The van der Waals surface area contributed by atoms with Crippen LogP contribution in [0, 0.1) is 17.8 Å². The minimum absolute atomic E-state index is 0.117. The van der Waals surface area contributed by atoms with E-state index >= 15 is 0 Å². The standard InChI is InChI=1S/C23H24F2N6O3S/c1-12(35-20(30-26)8-5-13-3-4-13)29-23(33)15-7-6-14(22(32)31-27)9-16(15)17-10-18(21(24)25)28-11-19(17)34-2/h6-7,9-13,21H,3-4,26-27H2,1-2H3,(H,29,33)(H,31,32)/b30-20-. The van der Waals surface area contributed by atoms with Crippen molar-refractivity contribution in [3.63, 3.8) is 0 Å². The number of nitrogens with two attached hydrogens (primary N) is 2. The molecule has 0 bridgehead atoms. The van der Waals surface area contributed by atoms with Gasteiger partial charge in [0.1, 0.15) is 11.4 Å². The molecule has 1 aromatic carbocycles. The molecule has 6 N–H and O–H groups in total. The van der Waals surface area contributed by atoms with Crippen molar-refractivity contribution in [2.75, 3.05) is 7.11 Å². The van der Waals surface area contributed by atoms with Crippen molar-refractivity contribution in [1.29, 1.82) is 0 Å². The summed E-state index contributed by atoms with van der Waals surface area (Å²) in [6.45, 7) is 1.73. The number of hydrogen-bond acceptors (Lipinski definition) is 8. The van der Waals surface area contributed by atoms with Gasteiger partial charge in [-0.25, -0.2) is 14.6 Å². The van der Waals surface area contributed by atoms with Gasteiger partial charge in [0, 0.05) is 22.6 Å². The maximum atomic E-state index is 13.4.